The molecule has 0 radical (unpaired) electrons. The van der Waals surface area contributed by atoms with Crippen LogP contribution >= 0.6 is 11.3 Å². The molecule has 4 heteroatoms. The molecule has 1 aliphatic rings. The lowest BCUT2D eigenvalue weighted by Gasteiger charge is -2.24. The zero-order valence-electron chi connectivity index (χ0n) is 13.7. The first kappa shape index (κ1) is 16.1. The molecule has 23 heavy (non-hydrogen) atoms. The maximum absolute atomic E-state index is 12.9. The molecule has 1 unspecified atom stereocenters. The Morgan fingerprint density at radius 2 is 2.22 bits per heavy atom. The summed E-state index contributed by atoms with van der Waals surface area (Å²) in [4.78, 5) is 16.2. The van der Waals surface area contributed by atoms with E-state index in [9.17, 15) is 4.79 Å². The Kier molecular flexibility index (Phi) is 5.01. The third-order valence-electron chi connectivity index (χ3n) is 4.05. The molecule has 1 atom stereocenters. The smallest absolute Gasteiger partial charge is 0.254 e. The highest BCUT2D eigenvalue weighted by Crippen LogP contribution is 2.35. The van der Waals surface area contributed by atoms with Gasteiger partial charge < -0.3 is 9.64 Å². The molecule has 1 amide bonds. The number of likely N-dealkylation sites (tertiary alicyclic amines) is 1. The second-order valence-corrected chi connectivity index (χ2v) is 7.38. The van der Waals surface area contributed by atoms with Crippen LogP contribution in [0, 0.1) is 5.92 Å². The van der Waals surface area contributed by atoms with E-state index in [2.05, 4.69) is 31.4 Å². The van der Waals surface area contributed by atoms with Crippen molar-refractivity contribution in [3.8, 4) is 5.75 Å². The van der Waals surface area contributed by atoms with Gasteiger partial charge in [-0.15, -0.1) is 11.3 Å². The standard InChI is InChI=1S/C19H23NO2S/c1-14(2)13-22-16-7-3-6-15(12-16)19(21)20-10-4-8-17(20)18-9-5-11-23-18/h3,5-7,9,11-12,14,17H,4,8,10,13H2,1-2H3. The number of rotatable bonds is 5. The van der Waals surface area contributed by atoms with Gasteiger partial charge in [-0.3, -0.25) is 4.79 Å². The summed E-state index contributed by atoms with van der Waals surface area (Å²) in [5, 5.41) is 2.08. The Balaban J connectivity index is 1.76. The van der Waals surface area contributed by atoms with Crippen LogP contribution in [0.25, 0.3) is 0 Å². The van der Waals surface area contributed by atoms with E-state index >= 15 is 0 Å². The van der Waals surface area contributed by atoms with Crippen LogP contribution in [0.1, 0.15) is 48.0 Å². The minimum absolute atomic E-state index is 0.107. The maximum Gasteiger partial charge on any atom is 0.254 e. The van der Waals surface area contributed by atoms with E-state index in [1.165, 1.54) is 4.88 Å². The molecule has 0 aliphatic carbocycles. The van der Waals surface area contributed by atoms with Gasteiger partial charge in [0.2, 0.25) is 0 Å². The van der Waals surface area contributed by atoms with Crippen LogP contribution in [0.15, 0.2) is 41.8 Å². The topological polar surface area (TPSA) is 29.5 Å². The Morgan fingerprint density at radius 1 is 1.35 bits per heavy atom. The fourth-order valence-electron chi connectivity index (χ4n) is 2.93. The molecule has 1 aliphatic heterocycles. The third-order valence-corrected chi connectivity index (χ3v) is 5.02. The lowest BCUT2D eigenvalue weighted by Crippen LogP contribution is -2.30. The molecule has 1 aromatic heterocycles. The molecule has 0 saturated carbocycles. The van der Waals surface area contributed by atoms with Gasteiger partial charge in [0.1, 0.15) is 5.75 Å². The Hall–Kier alpha value is -1.81. The zero-order chi connectivity index (χ0) is 16.2. The number of thiophene rings is 1. The molecule has 1 saturated heterocycles. The molecular weight excluding hydrogens is 306 g/mol. The summed E-state index contributed by atoms with van der Waals surface area (Å²) in [6, 6.07) is 12.0. The highest BCUT2D eigenvalue weighted by atomic mass is 32.1. The van der Waals surface area contributed by atoms with Gasteiger partial charge in [-0.2, -0.15) is 0 Å². The van der Waals surface area contributed by atoms with E-state index < -0.39 is 0 Å². The van der Waals surface area contributed by atoms with Gasteiger partial charge in [0, 0.05) is 17.0 Å². The first-order valence-corrected chi connectivity index (χ1v) is 9.10. The van der Waals surface area contributed by atoms with Crippen molar-refractivity contribution in [2.75, 3.05) is 13.2 Å². The minimum Gasteiger partial charge on any atom is -0.493 e. The lowest BCUT2D eigenvalue weighted by atomic mass is 10.1. The summed E-state index contributed by atoms with van der Waals surface area (Å²) in [5.41, 5.74) is 0.717. The van der Waals surface area contributed by atoms with Crippen LogP contribution in [-0.4, -0.2) is 24.0 Å². The average Bonchev–Trinajstić information content (AvgIpc) is 3.23. The fourth-order valence-corrected chi connectivity index (χ4v) is 3.81. The molecule has 0 N–H and O–H groups in total. The second-order valence-electron chi connectivity index (χ2n) is 6.40. The van der Waals surface area contributed by atoms with E-state index in [1.54, 1.807) is 11.3 Å². The first-order chi connectivity index (χ1) is 11.1. The van der Waals surface area contributed by atoms with Crippen molar-refractivity contribution in [3.63, 3.8) is 0 Å². The van der Waals surface area contributed by atoms with E-state index in [0.717, 1.165) is 30.7 Å². The van der Waals surface area contributed by atoms with Gasteiger partial charge in [0.05, 0.1) is 12.6 Å². The minimum atomic E-state index is 0.107. The van der Waals surface area contributed by atoms with Gasteiger partial charge >= 0.3 is 0 Å². The zero-order valence-corrected chi connectivity index (χ0v) is 14.5. The van der Waals surface area contributed by atoms with Gasteiger partial charge in [0.15, 0.2) is 0 Å². The van der Waals surface area contributed by atoms with E-state index in [4.69, 9.17) is 4.74 Å². The molecule has 1 aromatic carbocycles. The van der Waals surface area contributed by atoms with Crippen molar-refractivity contribution < 1.29 is 9.53 Å². The quantitative estimate of drug-likeness (QED) is 0.791. The van der Waals surface area contributed by atoms with Crippen LogP contribution in [0.3, 0.4) is 0 Å². The van der Waals surface area contributed by atoms with E-state index in [-0.39, 0.29) is 11.9 Å². The summed E-state index contributed by atoms with van der Waals surface area (Å²) in [6.07, 6.45) is 2.12. The number of nitrogens with zero attached hydrogens (tertiary/aromatic N) is 1. The van der Waals surface area contributed by atoms with Crippen molar-refractivity contribution in [2.24, 2.45) is 5.92 Å². The molecule has 1 fully saturated rings. The van der Waals surface area contributed by atoms with Crippen LogP contribution in [0.2, 0.25) is 0 Å². The monoisotopic (exact) mass is 329 g/mol. The fraction of sp³-hybridized carbons (Fsp3) is 0.421. The largest absolute Gasteiger partial charge is 0.493 e. The van der Waals surface area contributed by atoms with E-state index in [1.807, 2.05) is 29.2 Å². The molecule has 0 spiro atoms. The lowest BCUT2D eigenvalue weighted by molar-refractivity contribution is 0.0737. The van der Waals surface area contributed by atoms with Crippen LogP contribution in [0.4, 0.5) is 0 Å². The number of hydrogen-bond donors (Lipinski definition) is 0. The Bertz CT molecular complexity index is 651. The van der Waals surface area contributed by atoms with Gasteiger partial charge in [-0.1, -0.05) is 26.0 Å². The summed E-state index contributed by atoms with van der Waals surface area (Å²) < 4.78 is 5.75. The molecule has 2 aromatic rings. The van der Waals surface area contributed by atoms with Crippen molar-refractivity contribution >= 4 is 17.2 Å². The molecule has 3 nitrogen and oxygen atoms in total. The third kappa shape index (κ3) is 3.75. The molecule has 122 valence electrons. The average molecular weight is 329 g/mol. The SMILES string of the molecule is CC(C)COc1cccc(C(=O)N2CCCC2c2cccs2)c1. The molecule has 3 rings (SSSR count). The van der Waals surface area contributed by atoms with Gasteiger partial charge in [-0.25, -0.2) is 0 Å². The normalized spacial score (nSPS) is 17.7. The van der Waals surface area contributed by atoms with Crippen molar-refractivity contribution in [1.29, 1.82) is 0 Å². The van der Waals surface area contributed by atoms with Gasteiger partial charge in [-0.05, 0) is 48.4 Å². The summed E-state index contributed by atoms with van der Waals surface area (Å²) >= 11 is 1.73. The number of ether oxygens (including phenoxy) is 1. The summed E-state index contributed by atoms with van der Waals surface area (Å²) in [6.45, 7) is 5.73. The number of carbonyl (C=O) groups is 1. The highest BCUT2D eigenvalue weighted by molar-refractivity contribution is 7.10. The van der Waals surface area contributed by atoms with Gasteiger partial charge in [0.25, 0.3) is 5.91 Å². The predicted molar refractivity (Wildman–Crippen MR) is 94.1 cm³/mol. The molecule has 2 heterocycles. The second kappa shape index (κ2) is 7.18. The number of benzene rings is 1. The summed E-state index contributed by atoms with van der Waals surface area (Å²) in [5.74, 6) is 1.35. The Labute approximate surface area is 141 Å². The van der Waals surface area contributed by atoms with E-state index in [0.29, 0.717) is 12.5 Å². The van der Waals surface area contributed by atoms with Crippen molar-refractivity contribution in [3.05, 3.63) is 52.2 Å². The predicted octanol–water partition coefficient (Wildman–Crippen LogP) is 4.76. The van der Waals surface area contributed by atoms with Crippen LogP contribution in [-0.2, 0) is 0 Å². The number of carbonyl (C=O) groups excluding carboxylic acids is 1. The van der Waals surface area contributed by atoms with Crippen molar-refractivity contribution in [2.45, 2.75) is 32.7 Å². The van der Waals surface area contributed by atoms with Crippen LogP contribution < -0.4 is 4.74 Å². The number of hydrogen-bond acceptors (Lipinski definition) is 3. The molecule has 0 bridgehead atoms. The summed E-state index contributed by atoms with van der Waals surface area (Å²) in [7, 11) is 0. The highest BCUT2D eigenvalue weighted by Gasteiger charge is 2.31. The first-order valence-electron chi connectivity index (χ1n) is 8.22. The number of amides is 1. The van der Waals surface area contributed by atoms with Crippen LogP contribution in [0.5, 0.6) is 5.75 Å². The molecular formula is C19H23NO2S. The Morgan fingerprint density at radius 3 is 2.96 bits per heavy atom. The maximum atomic E-state index is 12.9. The van der Waals surface area contributed by atoms with Crippen molar-refractivity contribution in [1.82, 2.24) is 4.90 Å².